The summed E-state index contributed by atoms with van der Waals surface area (Å²) in [5.41, 5.74) is 1.62. The van der Waals surface area contributed by atoms with Gasteiger partial charge in [0.05, 0.1) is 13.7 Å². The minimum Gasteiger partial charge on any atom is -0.496 e. The fraction of sp³-hybridized carbons (Fsp3) is 0.455. The lowest BCUT2D eigenvalue weighted by atomic mass is 9.97. The van der Waals surface area contributed by atoms with Crippen molar-refractivity contribution in [1.82, 2.24) is 0 Å². The second-order valence-electron chi connectivity index (χ2n) is 3.90. The minimum atomic E-state index is 0.321. The van der Waals surface area contributed by atoms with Crippen LogP contribution < -0.4 is 9.47 Å². The Morgan fingerprint density at radius 3 is 2.92 bits per heavy atom. The fourth-order valence-corrected chi connectivity index (χ4v) is 2.16. The van der Waals surface area contributed by atoms with Crippen LogP contribution in [0.4, 0.5) is 0 Å². The number of rotatable bonds is 1. The van der Waals surface area contributed by atoms with E-state index in [0.29, 0.717) is 5.41 Å². The number of fused-ring (bicyclic) bond motifs is 2. The molecule has 1 fully saturated rings. The van der Waals surface area contributed by atoms with E-state index in [1.165, 1.54) is 18.4 Å². The first-order valence-electron chi connectivity index (χ1n) is 4.66. The Morgan fingerprint density at radius 1 is 1.38 bits per heavy atom. The first-order chi connectivity index (χ1) is 6.36. The smallest absolute Gasteiger partial charge is 0.126 e. The molecule has 68 valence electrons. The molecule has 0 radical (unpaired) electrons. The monoisotopic (exact) mass is 176 g/mol. The van der Waals surface area contributed by atoms with Crippen LogP contribution in [0.2, 0.25) is 0 Å². The largest absolute Gasteiger partial charge is 0.496 e. The molecule has 2 nitrogen and oxygen atoms in total. The lowest BCUT2D eigenvalue weighted by Gasteiger charge is -2.09. The Kier molecular flexibility index (Phi) is 1.22. The summed E-state index contributed by atoms with van der Waals surface area (Å²) in [4.78, 5) is 0. The Bertz CT molecular complexity index is 353. The van der Waals surface area contributed by atoms with Gasteiger partial charge in [0.25, 0.3) is 0 Å². The van der Waals surface area contributed by atoms with Gasteiger partial charge in [0.2, 0.25) is 0 Å². The van der Waals surface area contributed by atoms with Crippen LogP contribution in [-0.4, -0.2) is 13.7 Å². The molecule has 1 aliphatic carbocycles. The zero-order chi connectivity index (χ0) is 8.89. The van der Waals surface area contributed by atoms with Crippen molar-refractivity contribution in [2.75, 3.05) is 13.7 Å². The van der Waals surface area contributed by atoms with Gasteiger partial charge in [0.1, 0.15) is 11.5 Å². The first-order valence-corrected chi connectivity index (χ1v) is 4.66. The standard InChI is InChI=1S/C11H12O2/c1-12-8-3-2-4-9-10(8)11(5-6-11)7-13-9/h2-4H,5-7H2,1H3. The number of methoxy groups -OCH3 is 1. The molecule has 1 saturated carbocycles. The molecule has 1 spiro atoms. The predicted molar refractivity (Wildman–Crippen MR) is 49.4 cm³/mol. The van der Waals surface area contributed by atoms with Crippen LogP contribution in [0, 0.1) is 0 Å². The topological polar surface area (TPSA) is 18.5 Å². The summed E-state index contributed by atoms with van der Waals surface area (Å²) in [6.07, 6.45) is 2.50. The number of hydrogen-bond donors (Lipinski definition) is 0. The Balaban J connectivity index is 2.20. The van der Waals surface area contributed by atoms with Crippen molar-refractivity contribution in [1.29, 1.82) is 0 Å². The molecule has 13 heavy (non-hydrogen) atoms. The van der Waals surface area contributed by atoms with Crippen molar-refractivity contribution in [2.45, 2.75) is 18.3 Å². The van der Waals surface area contributed by atoms with Crippen molar-refractivity contribution in [3.63, 3.8) is 0 Å². The van der Waals surface area contributed by atoms with E-state index < -0.39 is 0 Å². The quantitative estimate of drug-likeness (QED) is 0.652. The number of ether oxygens (including phenoxy) is 2. The zero-order valence-corrected chi connectivity index (χ0v) is 7.67. The van der Waals surface area contributed by atoms with E-state index in [1.54, 1.807) is 7.11 Å². The number of benzene rings is 1. The first kappa shape index (κ1) is 7.25. The third-order valence-electron chi connectivity index (χ3n) is 3.10. The average molecular weight is 176 g/mol. The lowest BCUT2D eigenvalue weighted by molar-refractivity contribution is 0.323. The van der Waals surface area contributed by atoms with E-state index in [9.17, 15) is 0 Å². The summed E-state index contributed by atoms with van der Waals surface area (Å²) in [6.45, 7) is 0.850. The van der Waals surface area contributed by atoms with E-state index >= 15 is 0 Å². The summed E-state index contributed by atoms with van der Waals surface area (Å²) in [5.74, 6) is 2.02. The molecular weight excluding hydrogens is 164 g/mol. The Morgan fingerprint density at radius 2 is 2.23 bits per heavy atom. The highest BCUT2D eigenvalue weighted by molar-refractivity contribution is 5.55. The van der Waals surface area contributed by atoms with Crippen LogP contribution >= 0.6 is 0 Å². The van der Waals surface area contributed by atoms with Crippen molar-refractivity contribution in [3.05, 3.63) is 23.8 Å². The molecule has 0 unspecified atom stereocenters. The average Bonchev–Trinajstić information content (AvgIpc) is 2.84. The van der Waals surface area contributed by atoms with Crippen LogP contribution in [-0.2, 0) is 5.41 Å². The van der Waals surface area contributed by atoms with Crippen LogP contribution in [0.5, 0.6) is 11.5 Å². The molecule has 0 saturated heterocycles. The Hall–Kier alpha value is -1.18. The highest BCUT2D eigenvalue weighted by Crippen LogP contribution is 2.58. The molecule has 1 aromatic carbocycles. The third-order valence-corrected chi connectivity index (χ3v) is 3.10. The van der Waals surface area contributed by atoms with Gasteiger partial charge in [-0.15, -0.1) is 0 Å². The summed E-state index contributed by atoms with van der Waals surface area (Å²) in [6, 6.07) is 6.04. The van der Waals surface area contributed by atoms with Crippen molar-refractivity contribution >= 4 is 0 Å². The van der Waals surface area contributed by atoms with E-state index in [0.717, 1.165) is 18.1 Å². The third kappa shape index (κ3) is 0.831. The van der Waals surface area contributed by atoms with Crippen molar-refractivity contribution in [3.8, 4) is 11.5 Å². The molecule has 1 heterocycles. The molecule has 2 aliphatic rings. The van der Waals surface area contributed by atoms with Gasteiger partial charge in [0.15, 0.2) is 0 Å². The maximum Gasteiger partial charge on any atom is 0.126 e. The van der Waals surface area contributed by atoms with Crippen LogP contribution in [0.15, 0.2) is 18.2 Å². The zero-order valence-electron chi connectivity index (χ0n) is 7.67. The van der Waals surface area contributed by atoms with E-state index in [4.69, 9.17) is 9.47 Å². The van der Waals surface area contributed by atoms with Gasteiger partial charge >= 0.3 is 0 Å². The summed E-state index contributed by atoms with van der Waals surface area (Å²) in [7, 11) is 1.73. The predicted octanol–water partition coefficient (Wildman–Crippen LogP) is 2.12. The van der Waals surface area contributed by atoms with E-state index in [1.807, 2.05) is 18.2 Å². The molecule has 0 N–H and O–H groups in total. The molecule has 0 atom stereocenters. The van der Waals surface area contributed by atoms with Crippen LogP contribution in [0.3, 0.4) is 0 Å². The van der Waals surface area contributed by atoms with Gasteiger partial charge in [-0.3, -0.25) is 0 Å². The second-order valence-corrected chi connectivity index (χ2v) is 3.90. The summed E-state index contributed by atoms with van der Waals surface area (Å²) in [5, 5.41) is 0. The molecule has 0 aromatic heterocycles. The second kappa shape index (κ2) is 2.19. The highest BCUT2D eigenvalue weighted by Gasteiger charge is 2.52. The normalized spacial score (nSPS) is 21.0. The van der Waals surface area contributed by atoms with Gasteiger partial charge in [-0.1, -0.05) is 6.07 Å². The van der Waals surface area contributed by atoms with Gasteiger partial charge in [-0.05, 0) is 25.0 Å². The molecule has 1 aliphatic heterocycles. The maximum absolute atomic E-state index is 5.64. The van der Waals surface area contributed by atoms with E-state index in [2.05, 4.69) is 0 Å². The van der Waals surface area contributed by atoms with Crippen molar-refractivity contribution in [2.24, 2.45) is 0 Å². The summed E-state index contributed by atoms with van der Waals surface area (Å²) >= 11 is 0. The Labute approximate surface area is 77.5 Å². The van der Waals surface area contributed by atoms with E-state index in [-0.39, 0.29) is 0 Å². The molecule has 1 aromatic rings. The van der Waals surface area contributed by atoms with Gasteiger partial charge in [-0.2, -0.15) is 0 Å². The molecular formula is C11H12O2. The lowest BCUT2D eigenvalue weighted by Crippen LogP contribution is -2.08. The van der Waals surface area contributed by atoms with Crippen LogP contribution in [0.1, 0.15) is 18.4 Å². The molecule has 0 amide bonds. The number of hydrogen-bond acceptors (Lipinski definition) is 2. The van der Waals surface area contributed by atoms with Crippen LogP contribution in [0.25, 0.3) is 0 Å². The molecule has 3 rings (SSSR count). The van der Waals surface area contributed by atoms with Gasteiger partial charge < -0.3 is 9.47 Å². The minimum absolute atomic E-state index is 0.321. The fourth-order valence-electron chi connectivity index (χ4n) is 2.16. The van der Waals surface area contributed by atoms with Gasteiger partial charge in [-0.25, -0.2) is 0 Å². The van der Waals surface area contributed by atoms with Gasteiger partial charge in [0, 0.05) is 11.0 Å². The SMILES string of the molecule is COc1cccc2c1C1(CC1)CO2. The van der Waals surface area contributed by atoms with Crippen molar-refractivity contribution < 1.29 is 9.47 Å². The summed E-state index contributed by atoms with van der Waals surface area (Å²) < 4.78 is 11.0. The highest BCUT2D eigenvalue weighted by atomic mass is 16.5. The molecule has 0 bridgehead atoms. The maximum atomic E-state index is 5.64. The molecule has 2 heteroatoms.